The second-order valence-electron chi connectivity index (χ2n) is 4.08. The van der Waals surface area contributed by atoms with E-state index in [9.17, 15) is 4.79 Å². The molecule has 6 nitrogen and oxygen atoms in total. The minimum atomic E-state index is -0.333. The molecule has 0 radical (unpaired) electrons. The third-order valence-electron chi connectivity index (χ3n) is 2.61. The smallest absolute Gasteiger partial charge is 0.258 e. The number of nitrogens with one attached hydrogen (secondary N) is 1. The number of anilines is 1. The van der Waals surface area contributed by atoms with Crippen LogP contribution >= 0.6 is 11.6 Å². The van der Waals surface area contributed by atoms with Crippen LogP contribution in [-0.2, 0) is 0 Å². The van der Waals surface area contributed by atoms with Gasteiger partial charge in [-0.25, -0.2) is 0 Å². The molecule has 4 N–H and O–H groups in total. The zero-order valence-corrected chi connectivity index (χ0v) is 11.3. The van der Waals surface area contributed by atoms with E-state index in [1.807, 2.05) is 0 Å². The van der Waals surface area contributed by atoms with Crippen LogP contribution in [0.5, 0.6) is 0 Å². The van der Waals surface area contributed by atoms with E-state index in [1.165, 1.54) is 12.3 Å². The molecule has 0 fully saturated rings. The average Bonchev–Trinajstić information content (AvgIpc) is 2.86. The molecule has 0 unspecified atom stereocenters. The predicted octanol–water partition coefficient (Wildman–Crippen LogP) is 2.59. The minimum Gasteiger partial charge on any atom is -0.469 e. The Balaban J connectivity index is 2.20. The molecule has 0 saturated carbocycles. The number of furan rings is 1. The summed E-state index contributed by atoms with van der Waals surface area (Å²) in [6.07, 6.45) is 1.36. The molecule has 0 aliphatic rings. The van der Waals surface area contributed by atoms with Crippen molar-refractivity contribution in [3.05, 3.63) is 52.4 Å². The number of aryl methyl sites for hydroxylation is 1. The van der Waals surface area contributed by atoms with E-state index < -0.39 is 0 Å². The molecule has 20 heavy (non-hydrogen) atoms. The summed E-state index contributed by atoms with van der Waals surface area (Å²) >= 11 is 6.04. The lowest BCUT2D eigenvalue weighted by atomic mass is 10.2. The largest absolute Gasteiger partial charge is 0.469 e. The third kappa shape index (κ3) is 2.92. The van der Waals surface area contributed by atoms with Gasteiger partial charge in [0.05, 0.1) is 16.3 Å². The van der Waals surface area contributed by atoms with Crippen LogP contribution in [0.1, 0.15) is 21.7 Å². The molecule has 0 aliphatic heterocycles. The van der Waals surface area contributed by atoms with Gasteiger partial charge in [-0.05, 0) is 31.2 Å². The van der Waals surface area contributed by atoms with Crippen LogP contribution in [-0.4, -0.2) is 17.0 Å². The number of nitrogens with zero attached hydrogens (tertiary/aromatic N) is 1. The molecular weight excluding hydrogens is 282 g/mol. The minimum absolute atomic E-state index is 0.0600. The van der Waals surface area contributed by atoms with Gasteiger partial charge < -0.3 is 20.7 Å². The maximum atomic E-state index is 11.9. The fourth-order valence-electron chi connectivity index (χ4n) is 1.59. The highest BCUT2D eigenvalue weighted by Crippen LogP contribution is 2.24. The molecule has 1 aromatic carbocycles. The van der Waals surface area contributed by atoms with E-state index in [2.05, 4.69) is 10.5 Å². The number of amidine groups is 1. The molecule has 1 aromatic heterocycles. The van der Waals surface area contributed by atoms with E-state index >= 15 is 0 Å². The fraction of sp³-hybridized carbons (Fsp3) is 0.0769. The Morgan fingerprint density at radius 3 is 2.70 bits per heavy atom. The molecule has 1 amide bonds. The zero-order chi connectivity index (χ0) is 14.7. The van der Waals surface area contributed by atoms with Gasteiger partial charge in [0.1, 0.15) is 12.0 Å². The number of hydrogen-bond acceptors (Lipinski definition) is 4. The summed E-state index contributed by atoms with van der Waals surface area (Å²) in [6, 6.07) is 6.26. The van der Waals surface area contributed by atoms with E-state index in [0.29, 0.717) is 22.6 Å². The van der Waals surface area contributed by atoms with Gasteiger partial charge in [0.2, 0.25) is 0 Å². The number of carbonyl (C=O) groups is 1. The zero-order valence-electron chi connectivity index (χ0n) is 10.6. The lowest BCUT2D eigenvalue weighted by Crippen LogP contribution is -2.14. The van der Waals surface area contributed by atoms with Gasteiger partial charge in [0.15, 0.2) is 5.84 Å². The Morgan fingerprint density at radius 2 is 2.15 bits per heavy atom. The standard InChI is InChI=1S/C13H12ClN3O3/c1-7-4-9(6-20-7)13(18)16-11-3-2-8(5-10(11)14)12(15)17-19/h2-6,19H,1H3,(H2,15,17)(H,16,18). The topological polar surface area (TPSA) is 101 Å². The Bertz CT molecular complexity index is 679. The molecular formula is C13H12ClN3O3. The van der Waals surface area contributed by atoms with Gasteiger partial charge in [-0.15, -0.1) is 0 Å². The number of nitrogens with two attached hydrogens (primary N) is 1. The molecule has 0 spiro atoms. The normalized spacial score (nSPS) is 11.4. The highest BCUT2D eigenvalue weighted by atomic mass is 35.5. The number of rotatable bonds is 3. The molecule has 104 valence electrons. The number of amides is 1. The molecule has 0 saturated heterocycles. The van der Waals surface area contributed by atoms with E-state index in [0.717, 1.165) is 0 Å². The first-order valence-corrected chi connectivity index (χ1v) is 6.03. The molecule has 7 heteroatoms. The van der Waals surface area contributed by atoms with Gasteiger partial charge >= 0.3 is 0 Å². The average molecular weight is 294 g/mol. The van der Waals surface area contributed by atoms with Gasteiger partial charge in [-0.3, -0.25) is 4.79 Å². The summed E-state index contributed by atoms with van der Waals surface area (Å²) < 4.78 is 5.06. The number of hydrogen-bond donors (Lipinski definition) is 3. The second kappa shape index (κ2) is 5.66. The van der Waals surface area contributed by atoms with E-state index in [4.69, 9.17) is 27.0 Å². The first-order chi connectivity index (χ1) is 9.51. The van der Waals surface area contributed by atoms with Crippen LogP contribution in [0.15, 0.2) is 40.1 Å². The highest BCUT2D eigenvalue weighted by molar-refractivity contribution is 6.34. The van der Waals surface area contributed by atoms with Crippen molar-refractivity contribution in [3.8, 4) is 0 Å². The van der Waals surface area contributed by atoms with E-state index in [1.54, 1.807) is 25.1 Å². The summed E-state index contributed by atoms with van der Waals surface area (Å²) in [4.78, 5) is 11.9. The Hall–Kier alpha value is -2.47. The molecule has 0 atom stereocenters. The lowest BCUT2D eigenvalue weighted by molar-refractivity contribution is 0.102. The van der Waals surface area contributed by atoms with Crippen molar-refractivity contribution in [1.82, 2.24) is 0 Å². The maximum absolute atomic E-state index is 11.9. The van der Waals surface area contributed by atoms with Crippen molar-refractivity contribution in [2.24, 2.45) is 10.9 Å². The Labute approximate surface area is 119 Å². The summed E-state index contributed by atoms with van der Waals surface area (Å²) in [6.45, 7) is 1.75. The number of benzene rings is 1. The summed E-state index contributed by atoms with van der Waals surface area (Å²) in [5.41, 5.74) is 6.73. The van der Waals surface area contributed by atoms with Crippen LogP contribution in [0.4, 0.5) is 5.69 Å². The number of oxime groups is 1. The molecule has 0 aliphatic carbocycles. The number of carbonyl (C=O) groups excluding carboxylic acids is 1. The number of halogens is 1. The van der Waals surface area contributed by atoms with Crippen LogP contribution in [0.2, 0.25) is 5.02 Å². The van der Waals surface area contributed by atoms with Crippen molar-refractivity contribution in [2.45, 2.75) is 6.92 Å². The second-order valence-corrected chi connectivity index (χ2v) is 4.49. The fourth-order valence-corrected chi connectivity index (χ4v) is 1.82. The first kappa shape index (κ1) is 14.0. The summed E-state index contributed by atoms with van der Waals surface area (Å²) in [7, 11) is 0. The van der Waals surface area contributed by atoms with Crippen LogP contribution in [0.25, 0.3) is 0 Å². The quantitative estimate of drug-likeness (QED) is 0.350. The highest BCUT2D eigenvalue weighted by Gasteiger charge is 2.12. The molecule has 2 rings (SSSR count). The van der Waals surface area contributed by atoms with Gasteiger partial charge in [0.25, 0.3) is 5.91 Å². The Morgan fingerprint density at radius 1 is 1.40 bits per heavy atom. The molecule has 0 bridgehead atoms. The monoisotopic (exact) mass is 293 g/mol. The summed E-state index contributed by atoms with van der Waals surface area (Å²) in [5, 5.41) is 14.4. The maximum Gasteiger partial charge on any atom is 0.258 e. The molecule has 2 aromatic rings. The predicted molar refractivity (Wildman–Crippen MR) is 75.4 cm³/mol. The first-order valence-electron chi connectivity index (χ1n) is 5.65. The SMILES string of the molecule is Cc1cc(C(=O)Nc2ccc(/C(N)=N/O)cc2Cl)co1. The van der Waals surface area contributed by atoms with Crippen molar-refractivity contribution in [1.29, 1.82) is 0 Å². The van der Waals surface area contributed by atoms with Gasteiger partial charge in [-0.2, -0.15) is 0 Å². The van der Waals surface area contributed by atoms with Gasteiger partial charge in [0, 0.05) is 5.56 Å². The van der Waals surface area contributed by atoms with Crippen LogP contribution in [0, 0.1) is 6.92 Å². The third-order valence-corrected chi connectivity index (χ3v) is 2.93. The van der Waals surface area contributed by atoms with Crippen LogP contribution < -0.4 is 11.1 Å². The van der Waals surface area contributed by atoms with Crippen LogP contribution in [0.3, 0.4) is 0 Å². The van der Waals surface area contributed by atoms with Gasteiger partial charge in [-0.1, -0.05) is 16.8 Å². The van der Waals surface area contributed by atoms with Crippen molar-refractivity contribution >= 4 is 29.0 Å². The van der Waals surface area contributed by atoms with Crippen molar-refractivity contribution in [3.63, 3.8) is 0 Å². The Kier molecular flexibility index (Phi) is 3.95. The van der Waals surface area contributed by atoms with E-state index in [-0.39, 0.29) is 16.8 Å². The van der Waals surface area contributed by atoms with Crippen molar-refractivity contribution < 1.29 is 14.4 Å². The lowest BCUT2D eigenvalue weighted by Gasteiger charge is -2.07. The summed E-state index contributed by atoms with van der Waals surface area (Å²) in [5.74, 6) is 0.249. The van der Waals surface area contributed by atoms with Crippen molar-refractivity contribution in [2.75, 3.05) is 5.32 Å². The molecule has 1 heterocycles.